The van der Waals surface area contributed by atoms with Crippen LogP contribution in [-0.4, -0.2) is 24.9 Å². The molecule has 0 amide bonds. The fourth-order valence-corrected chi connectivity index (χ4v) is 1.37. The lowest BCUT2D eigenvalue weighted by molar-refractivity contribution is 0.135. The van der Waals surface area contributed by atoms with E-state index in [1.807, 2.05) is 19.9 Å². The van der Waals surface area contributed by atoms with Gasteiger partial charge in [-0.15, -0.1) is 0 Å². The van der Waals surface area contributed by atoms with Gasteiger partial charge >= 0.3 is 0 Å². The molecule has 1 N–H and O–H groups in total. The van der Waals surface area contributed by atoms with Crippen molar-refractivity contribution in [3.8, 4) is 11.5 Å². The molecule has 0 bridgehead atoms. The van der Waals surface area contributed by atoms with Crippen molar-refractivity contribution >= 4 is 0 Å². The molecule has 84 valence electrons. The van der Waals surface area contributed by atoms with E-state index in [1.165, 1.54) is 0 Å². The molecule has 15 heavy (non-hydrogen) atoms. The van der Waals surface area contributed by atoms with Crippen LogP contribution in [0.15, 0.2) is 18.2 Å². The topological polar surface area (TPSA) is 38.7 Å². The van der Waals surface area contributed by atoms with Gasteiger partial charge in [-0.05, 0) is 31.5 Å². The van der Waals surface area contributed by atoms with Crippen LogP contribution in [0.25, 0.3) is 0 Å². The number of hydrogen-bond acceptors (Lipinski definition) is 3. The monoisotopic (exact) mass is 210 g/mol. The summed E-state index contributed by atoms with van der Waals surface area (Å²) in [5, 5.41) is 9.38. The number of phenolic OH excluding ortho intramolecular Hbond substituents is 1. The second-order valence-electron chi connectivity index (χ2n) is 3.71. The second kappa shape index (κ2) is 5.61. The van der Waals surface area contributed by atoms with Crippen molar-refractivity contribution in [2.24, 2.45) is 0 Å². The minimum atomic E-state index is 0.0890. The zero-order chi connectivity index (χ0) is 11.3. The molecule has 0 aromatic heterocycles. The number of aryl methyl sites for hydroxylation is 1. The summed E-state index contributed by atoms with van der Waals surface area (Å²) in [6.45, 7) is 4.59. The van der Waals surface area contributed by atoms with Crippen molar-refractivity contribution in [1.29, 1.82) is 0 Å². The van der Waals surface area contributed by atoms with Crippen LogP contribution in [0.1, 0.15) is 18.9 Å². The highest BCUT2D eigenvalue weighted by Crippen LogP contribution is 2.22. The number of aromatic hydroxyl groups is 1. The van der Waals surface area contributed by atoms with Crippen molar-refractivity contribution in [2.45, 2.75) is 26.4 Å². The maximum Gasteiger partial charge on any atom is 0.123 e. The Morgan fingerprint density at radius 2 is 2.07 bits per heavy atom. The zero-order valence-corrected chi connectivity index (χ0v) is 9.49. The number of methoxy groups -OCH3 is 1. The molecule has 0 spiro atoms. The number of ether oxygens (including phenoxy) is 2. The van der Waals surface area contributed by atoms with Crippen molar-refractivity contribution < 1.29 is 14.6 Å². The Balaban J connectivity index is 2.56. The van der Waals surface area contributed by atoms with Crippen LogP contribution in [0.3, 0.4) is 0 Å². The normalized spacial score (nSPS) is 12.5. The molecule has 3 heteroatoms. The van der Waals surface area contributed by atoms with Crippen LogP contribution in [0.4, 0.5) is 0 Å². The molecule has 0 aliphatic heterocycles. The molecule has 0 radical (unpaired) electrons. The van der Waals surface area contributed by atoms with E-state index in [0.29, 0.717) is 12.4 Å². The molecule has 1 aromatic rings. The van der Waals surface area contributed by atoms with Crippen molar-refractivity contribution in [3.05, 3.63) is 23.8 Å². The van der Waals surface area contributed by atoms with Gasteiger partial charge in [-0.25, -0.2) is 0 Å². The minimum absolute atomic E-state index is 0.0890. The third-order valence-corrected chi connectivity index (χ3v) is 2.10. The molecule has 3 nitrogen and oxygen atoms in total. The molecule has 1 unspecified atom stereocenters. The predicted molar refractivity (Wildman–Crippen MR) is 59.4 cm³/mol. The summed E-state index contributed by atoms with van der Waals surface area (Å²) in [7, 11) is 1.67. The molecule has 1 atom stereocenters. The average Bonchev–Trinajstić information content (AvgIpc) is 2.13. The lowest BCUT2D eigenvalue weighted by Gasteiger charge is -2.14. The average molecular weight is 210 g/mol. The summed E-state index contributed by atoms with van der Waals surface area (Å²) in [5.41, 5.74) is 0.990. The highest BCUT2D eigenvalue weighted by atomic mass is 16.5. The largest absolute Gasteiger partial charge is 0.508 e. The van der Waals surface area contributed by atoms with E-state index in [1.54, 1.807) is 19.2 Å². The highest BCUT2D eigenvalue weighted by molar-refractivity contribution is 5.36. The van der Waals surface area contributed by atoms with Crippen LogP contribution < -0.4 is 4.74 Å². The summed E-state index contributed by atoms with van der Waals surface area (Å²) in [6.07, 6.45) is 0.928. The first-order valence-electron chi connectivity index (χ1n) is 5.08. The van der Waals surface area contributed by atoms with E-state index in [-0.39, 0.29) is 11.9 Å². The predicted octanol–water partition coefficient (Wildman–Crippen LogP) is 2.50. The minimum Gasteiger partial charge on any atom is -0.508 e. The van der Waals surface area contributed by atoms with E-state index < -0.39 is 0 Å². The Bertz CT molecular complexity index is 289. The van der Waals surface area contributed by atoms with Gasteiger partial charge in [-0.1, -0.05) is 0 Å². The smallest absolute Gasteiger partial charge is 0.123 e. The summed E-state index contributed by atoms with van der Waals surface area (Å²) < 4.78 is 10.6. The first-order chi connectivity index (χ1) is 7.11. The molecule has 0 aliphatic carbocycles. The Morgan fingerprint density at radius 1 is 1.33 bits per heavy atom. The van der Waals surface area contributed by atoms with E-state index in [9.17, 15) is 5.11 Å². The maximum atomic E-state index is 9.38. The third kappa shape index (κ3) is 4.21. The van der Waals surface area contributed by atoms with Gasteiger partial charge < -0.3 is 14.6 Å². The quantitative estimate of drug-likeness (QED) is 0.811. The van der Waals surface area contributed by atoms with Gasteiger partial charge in [0.25, 0.3) is 0 Å². The lowest BCUT2D eigenvalue weighted by atomic mass is 10.2. The molecule has 1 rings (SSSR count). The van der Waals surface area contributed by atoms with Gasteiger partial charge in [0.1, 0.15) is 11.5 Å². The van der Waals surface area contributed by atoms with Crippen molar-refractivity contribution in [2.75, 3.05) is 13.7 Å². The standard InChI is InChI=1S/C12H18O3/c1-9-6-11(13)8-12(7-9)15-10(2)4-5-14-3/h6-8,10,13H,4-5H2,1-3H3. The van der Waals surface area contributed by atoms with Gasteiger partial charge in [0, 0.05) is 26.2 Å². The van der Waals surface area contributed by atoms with Crippen molar-refractivity contribution in [1.82, 2.24) is 0 Å². The Kier molecular flexibility index (Phi) is 4.43. The number of phenols is 1. The Hall–Kier alpha value is -1.22. The zero-order valence-electron chi connectivity index (χ0n) is 9.49. The van der Waals surface area contributed by atoms with E-state index in [0.717, 1.165) is 12.0 Å². The molecule has 0 aliphatic rings. The first-order valence-corrected chi connectivity index (χ1v) is 5.08. The maximum absolute atomic E-state index is 9.38. The van der Waals surface area contributed by atoms with E-state index >= 15 is 0 Å². The van der Waals surface area contributed by atoms with Crippen LogP contribution in [0.5, 0.6) is 11.5 Å². The third-order valence-electron chi connectivity index (χ3n) is 2.10. The summed E-state index contributed by atoms with van der Waals surface area (Å²) in [6, 6.07) is 5.23. The molecular weight excluding hydrogens is 192 g/mol. The van der Waals surface area contributed by atoms with Gasteiger partial charge in [-0.3, -0.25) is 0 Å². The van der Waals surface area contributed by atoms with Crippen LogP contribution in [0.2, 0.25) is 0 Å². The van der Waals surface area contributed by atoms with Crippen molar-refractivity contribution in [3.63, 3.8) is 0 Å². The van der Waals surface area contributed by atoms with Gasteiger partial charge in [-0.2, -0.15) is 0 Å². The molecule has 0 saturated heterocycles. The highest BCUT2D eigenvalue weighted by Gasteiger charge is 2.05. The van der Waals surface area contributed by atoms with Gasteiger partial charge in [0.2, 0.25) is 0 Å². The molecule has 1 aromatic carbocycles. The van der Waals surface area contributed by atoms with Crippen LogP contribution in [0, 0.1) is 6.92 Å². The summed E-state index contributed by atoms with van der Waals surface area (Å²) in [5.74, 6) is 0.944. The fourth-order valence-electron chi connectivity index (χ4n) is 1.37. The number of benzene rings is 1. The SMILES string of the molecule is COCCC(C)Oc1cc(C)cc(O)c1. The molecular formula is C12H18O3. The first kappa shape index (κ1) is 11.9. The second-order valence-corrected chi connectivity index (χ2v) is 3.71. The summed E-state index contributed by atoms with van der Waals surface area (Å²) >= 11 is 0. The molecule has 0 fully saturated rings. The molecule has 0 saturated carbocycles. The van der Waals surface area contributed by atoms with Crippen LogP contribution >= 0.6 is 0 Å². The molecule has 0 heterocycles. The van der Waals surface area contributed by atoms with Crippen LogP contribution in [-0.2, 0) is 4.74 Å². The van der Waals surface area contributed by atoms with E-state index in [4.69, 9.17) is 9.47 Å². The van der Waals surface area contributed by atoms with Gasteiger partial charge in [0.15, 0.2) is 0 Å². The summed E-state index contributed by atoms with van der Waals surface area (Å²) in [4.78, 5) is 0. The fraction of sp³-hybridized carbons (Fsp3) is 0.500. The number of hydrogen-bond donors (Lipinski definition) is 1. The van der Waals surface area contributed by atoms with E-state index in [2.05, 4.69) is 0 Å². The number of rotatable bonds is 5. The Labute approximate surface area is 90.6 Å². The lowest BCUT2D eigenvalue weighted by Crippen LogP contribution is -2.14. The van der Waals surface area contributed by atoms with Gasteiger partial charge in [0.05, 0.1) is 6.10 Å². The Morgan fingerprint density at radius 3 is 2.67 bits per heavy atom.